The fourth-order valence-electron chi connectivity index (χ4n) is 5.07. The van der Waals surface area contributed by atoms with Crippen LogP contribution in [0.4, 0.5) is 0 Å². The molecule has 6 aromatic rings. The van der Waals surface area contributed by atoms with Crippen LogP contribution in [0, 0.1) is 13.8 Å². The average molecular weight is 518 g/mol. The normalized spacial score (nSPS) is 11.5. The minimum absolute atomic E-state index is 0.0730. The van der Waals surface area contributed by atoms with Crippen molar-refractivity contribution in [2.24, 2.45) is 0 Å². The quantitative estimate of drug-likeness (QED) is 0.326. The van der Waals surface area contributed by atoms with Crippen LogP contribution < -0.4 is 5.56 Å². The number of carbonyl (C=O) groups is 1. The molecular weight excluding hydrogens is 490 g/mol. The molecule has 3 aromatic heterocycles. The number of nitrogens with one attached hydrogen (secondary N) is 1. The second kappa shape index (κ2) is 9.75. The minimum atomic E-state index is -0.211. The minimum Gasteiger partial charge on any atom is -0.283 e. The van der Waals surface area contributed by atoms with E-state index in [4.69, 9.17) is 4.98 Å². The molecule has 1 N–H and O–H groups in total. The van der Waals surface area contributed by atoms with Crippen molar-refractivity contribution in [3.63, 3.8) is 0 Å². The summed E-state index contributed by atoms with van der Waals surface area (Å²) in [7, 11) is 0. The monoisotopic (exact) mass is 517 g/mol. The second-order valence-electron chi connectivity index (χ2n) is 9.69. The molecule has 9 nitrogen and oxygen atoms in total. The van der Waals surface area contributed by atoms with Gasteiger partial charge in [0.05, 0.1) is 27.7 Å². The number of carbonyl (C=O) groups excluding carboxylic acids is 1. The number of benzene rings is 3. The van der Waals surface area contributed by atoms with Gasteiger partial charge in [-0.2, -0.15) is 5.21 Å². The number of rotatable bonds is 6. The first kappa shape index (κ1) is 24.4. The number of fused-ring (bicyclic) bond motifs is 2. The Bertz CT molecular complexity index is 1920. The summed E-state index contributed by atoms with van der Waals surface area (Å²) >= 11 is 0. The molecule has 194 valence electrons. The maximum atomic E-state index is 13.9. The zero-order valence-electron chi connectivity index (χ0n) is 22.0. The average Bonchev–Trinajstić information content (AvgIpc) is 3.64. The van der Waals surface area contributed by atoms with Crippen LogP contribution >= 0.6 is 0 Å². The van der Waals surface area contributed by atoms with Crippen molar-refractivity contribution < 1.29 is 4.79 Å². The lowest BCUT2D eigenvalue weighted by atomic mass is 10.0. The molecule has 9 heteroatoms. The third-order valence-corrected chi connectivity index (χ3v) is 7.29. The number of tetrazole rings is 1. The molecular formula is C30H27N7O2. The number of hydrogen-bond acceptors (Lipinski definition) is 6. The van der Waals surface area contributed by atoms with Crippen LogP contribution in [-0.4, -0.2) is 40.6 Å². The largest absolute Gasteiger partial charge is 0.283 e. The van der Waals surface area contributed by atoms with Gasteiger partial charge in [-0.15, -0.1) is 10.2 Å². The molecule has 6 rings (SSSR count). The molecule has 0 spiro atoms. The zero-order valence-corrected chi connectivity index (χ0v) is 22.0. The fourth-order valence-corrected chi connectivity index (χ4v) is 5.07. The number of aryl methyl sites for hydroxylation is 3. The summed E-state index contributed by atoms with van der Waals surface area (Å²) in [5, 5.41) is 15.6. The van der Waals surface area contributed by atoms with Gasteiger partial charge >= 0.3 is 0 Å². The van der Waals surface area contributed by atoms with E-state index < -0.39 is 0 Å². The summed E-state index contributed by atoms with van der Waals surface area (Å²) in [4.78, 5) is 32.5. The first-order valence-electron chi connectivity index (χ1n) is 13.0. The smallest absolute Gasteiger partial charge is 0.266 e. The van der Waals surface area contributed by atoms with Crippen LogP contribution in [0.3, 0.4) is 0 Å². The summed E-state index contributed by atoms with van der Waals surface area (Å²) in [6.45, 7) is 6.10. The van der Waals surface area contributed by atoms with Crippen LogP contribution in [-0.2, 0) is 6.42 Å². The maximum absolute atomic E-state index is 13.9. The number of aromatic amines is 1. The number of unbranched alkanes of at least 4 members (excludes halogenated alkanes) is 1. The zero-order chi connectivity index (χ0) is 27.1. The topological polar surface area (TPSA) is 111 Å². The summed E-state index contributed by atoms with van der Waals surface area (Å²) in [5.41, 5.74) is 5.17. The second-order valence-corrected chi connectivity index (χ2v) is 9.69. The van der Waals surface area contributed by atoms with Crippen LogP contribution in [0.2, 0.25) is 0 Å². The highest BCUT2D eigenvalue weighted by Gasteiger charge is 2.20. The molecule has 0 aliphatic heterocycles. The van der Waals surface area contributed by atoms with Gasteiger partial charge in [0.1, 0.15) is 5.82 Å². The van der Waals surface area contributed by atoms with Crippen LogP contribution in [0.25, 0.3) is 38.9 Å². The summed E-state index contributed by atoms with van der Waals surface area (Å²) in [5.74, 6) is 0.880. The third-order valence-electron chi connectivity index (χ3n) is 7.29. The van der Waals surface area contributed by atoms with Crippen molar-refractivity contribution in [2.75, 3.05) is 0 Å². The first-order chi connectivity index (χ1) is 19.0. The molecule has 3 heterocycles. The van der Waals surface area contributed by atoms with Crippen molar-refractivity contribution in [1.82, 2.24) is 34.7 Å². The van der Waals surface area contributed by atoms with E-state index in [2.05, 4.69) is 27.5 Å². The molecule has 0 unspecified atom stereocenters. The van der Waals surface area contributed by atoms with Gasteiger partial charge < -0.3 is 0 Å². The molecule has 0 bridgehead atoms. The van der Waals surface area contributed by atoms with Gasteiger partial charge in [-0.25, -0.2) is 4.98 Å². The van der Waals surface area contributed by atoms with Crippen molar-refractivity contribution in [2.45, 2.75) is 40.0 Å². The molecule has 0 saturated heterocycles. The summed E-state index contributed by atoms with van der Waals surface area (Å²) in [6.07, 6.45) is 4.36. The van der Waals surface area contributed by atoms with E-state index in [-0.39, 0.29) is 11.5 Å². The lowest BCUT2D eigenvalue weighted by molar-refractivity contribution is 0.0965. The number of aromatic nitrogens is 7. The van der Waals surface area contributed by atoms with Crippen LogP contribution in [0.5, 0.6) is 0 Å². The van der Waals surface area contributed by atoms with E-state index in [0.717, 1.165) is 51.9 Å². The summed E-state index contributed by atoms with van der Waals surface area (Å²) in [6, 6.07) is 18.7. The Kier molecular flexibility index (Phi) is 6.11. The first-order valence-corrected chi connectivity index (χ1v) is 13.0. The Morgan fingerprint density at radius 2 is 1.87 bits per heavy atom. The molecule has 0 aliphatic carbocycles. The predicted octanol–water partition coefficient (Wildman–Crippen LogP) is 5.17. The molecule has 3 aromatic carbocycles. The van der Waals surface area contributed by atoms with Crippen molar-refractivity contribution in [1.29, 1.82) is 0 Å². The molecule has 39 heavy (non-hydrogen) atoms. The molecule has 0 atom stereocenters. The van der Waals surface area contributed by atoms with Gasteiger partial charge in [-0.05, 0) is 73.0 Å². The van der Waals surface area contributed by atoms with E-state index in [1.54, 1.807) is 33.5 Å². The van der Waals surface area contributed by atoms with E-state index >= 15 is 0 Å². The van der Waals surface area contributed by atoms with Crippen molar-refractivity contribution >= 4 is 27.7 Å². The Morgan fingerprint density at radius 3 is 2.67 bits per heavy atom. The van der Waals surface area contributed by atoms with E-state index in [1.807, 2.05) is 56.3 Å². The Labute approximate surface area is 224 Å². The molecule has 0 radical (unpaired) electrons. The Morgan fingerprint density at radius 1 is 1.03 bits per heavy atom. The van der Waals surface area contributed by atoms with Crippen LogP contribution in [0.15, 0.2) is 71.7 Å². The third kappa shape index (κ3) is 4.12. The van der Waals surface area contributed by atoms with E-state index in [1.165, 1.54) is 0 Å². The highest BCUT2D eigenvalue weighted by Crippen LogP contribution is 2.26. The van der Waals surface area contributed by atoms with Crippen LogP contribution in [0.1, 0.15) is 47.1 Å². The molecule has 0 amide bonds. The molecule has 0 aliphatic rings. The highest BCUT2D eigenvalue weighted by molar-refractivity contribution is 6.06. The highest BCUT2D eigenvalue weighted by atomic mass is 16.2. The lowest BCUT2D eigenvalue weighted by Crippen LogP contribution is -2.25. The van der Waals surface area contributed by atoms with Crippen molar-refractivity contribution in [3.8, 4) is 17.1 Å². The molecule has 0 saturated carbocycles. The maximum Gasteiger partial charge on any atom is 0.266 e. The number of hydrogen-bond donors (Lipinski definition) is 1. The van der Waals surface area contributed by atoms with E-state index in [0.29, 0.717) is 28.8 Å². The lowest BCUT2D eigenvalue weighted by Gasteiger charge is -2.15. The fraction of sp³-hybridized carbons (Fsp3) is 0.200. The SMILES string of the molecule is CCCCc1nc2ccc(C)c(C)c2c(=O)n1-c1ccc2c(ccn2C(=O)c2ccccc2-c2nn[nH]n2)c1. The van der Waals surface area contributed by atoms with Gasteiger partial charge in [-0.1, -0.05) is 37.6 Å². The van der Waals surface area contributed by atoms with Gasteiger partial charge in [0.15, 0.2) is 0 Å². The summed E-state index contributed by atoms with van der Waals surface area (Å²) < 4.78 is 3.33. The molecule has 0 fully saturated rings. The standard InChI is InChI=1S/C30H27N7O2/c1-4-5-10-26-31-24-13-11-18(2)19(3)27(24)30(39)37(26)21-12-14-25-20(17-21)15-16-36(25)29(38)23-9-7-6-8-22(23)28-32-34-35-33-28/h6-9,11-17H,4-5,10H2,1-3H3,(H,32,33,34,35). The van der Waals surface area contributed by atoms with E-state index in [9.17, 15) is 9.59 Å². The Balaban J connectivity index is 1.48. The van der Waals surface area contributed by atoms with Gasteiger partial charge in [0, 0.05) is 23.6 Å². The van der Waals surface area contributed by atoms with Gasteiger partial charge in [-0.3, -0.25) is 18.7 Å². The number of H-pyrrole nitrogens is 1. The Hall–Kier alpha value is -4.92. The van der Waals surface area contributed by atoms with Gasteiger partial charge in [0.25, 0.3) is 11.5 Å². The van der Waals surface area contributed by atoms with Gasteiger partial charge in [0.2, 0.25) is 5.82 Å². The number of nitrogens with zero attached hydrogens (tertiary/aromatic N) is 6. The predicted molar refractivity (Wildman–Crippen MR) is 150 cm³/mol. The van der Waals surface area contributed by atoms with Crippen molar-refractivity contribution in [3.05, 3.63) is 99.7 Å².